The summed E-state index contributed by atoms with van der Waals surface area (Å²) >= 11 is 2.27. The van der Waals surface area contributed by atoms with Crippen molar-refractivity contribution in [2.24, 2.45) is 0 Å². The van der Waals surface area contributed by atoms with E-state index in [4.69, 9.17) is 5.11 Å². The van der Waals surface area contributed by atoms with Crippen LogP contribution >= 0.6 is 22.6 Å². The lowest BCUT2D eigenvalue weighted by molar-refractivity contribution is -0.121. The molecule has 0 aliphatic heterocycles. The highest BCUT2D eigenvalue weighted by Gasteiger charge is 2.04. The molecule has 0 fully saturated rings. The van der Waals surface area contributed by atoms with Gasteiger partial charge in [0.15, 0.2) is 0 Å². The number of nitrogens with one attached hydrogen (secondary N) is 1. The van der Waals surface area contributed by atoms with Gasteiger partial charge in [-0.3, -0.25) is 4.79 Å². The number of amides is 1. The second-order valence-corrected chi connectivity index (χ2v) is 6.50. The number of hydrogen-bond acceptors (Lipinski definition) is 2. The van der Waals surface area contributed by atoms with Crippen LogP contribution in [0.5, 0.6) is 0 Å². The lowest BCUT2D eigenvalue weighted by atomic mass is 10.1. The van der Waals surface area contributed by atoms with E-state index in [-0.39, 0.29) is 11.5 Å². The van der Waals surface area contributed by atoms with E-state index in [0.717, 1.165) is 18.4 Å². The lowest BCUT2D eigenvalue weighted by Gasteiger charge is -2.06. The van der Waals surface area contributed by atoms with E-state index in [1.54, 1.807) is 24.3 Å². The molecule has 0 heterocycles. The monoisotopic (exact) mass is 423 g/mol. The molecule has 23 heavy (non-hydrogen) atoms. The number of carbonyl (C=O) groups excluding carboxylic acids is 1. The molecule has 0 unspecified atom stereocenters. The van der Waals surface area contributed by atoms with Gasteiger partial charge in [0.1, 0.15) is 0 Å². The van der Waals surface area contributed by atoms with Crippen LogP contribution in [0.4, 0.5) is 0 Å². The van der Waals surface area contributed by atoms with Crippen molar-refractivity contribution in [3.8, 4) is 0 Å². The van der Waals surface area contributed by atoms with Crippen LogP contribution in [0.15, 0.2) is 48.5 Å². The quantitative estimate of drug-likeness (QED) is 0.669. The van der Waals surface area contributed by atoms with Gasteiger partial charge in [-0.25, -0.2) is 4.79 Å². The molecule has 120 valence electrons. The number of carboxylic acids is 1. The van der Waals surface area contributed by atoms with Crippen molar-refractivity contribution in [1.29, 1.82) is 0 Å². The Bertz CT molecular complexity index is 666. The fourth-order valence-corrected chi connectivity index (χ4v) is 2.52. The van der Waals surface area contributed by atoms with Crippen LogP contribution in [-0.2, 0) is 17.8 Å². The van der Waals surface area contributed by atoms with Gasteiger partial charge in [-0.2, -0.15) is 0 Å². The molecule has 5 heteroatoms. The Morgan fingerprint density at radius 3 is 2.17 bits per heavy atom. The summed E-state index contributed by atoms with van der Waals surface area (Å²) < 4.78 is 1.21. The average Bonchev–Trinajstić information content (AvgIpc) is 2.55. The zero-order chi connectivity index (χ0) is 16.7. The summed E-state index contributed by atoms with van der Waals surface area (Å²) in [6.07, 6.45) is 2.18. The smallest absolute Gasteiger partial charge is 0.335 e. The van der Waals surface area contributed by atoms with Crippen LogP contribution < -0.4 is 5.32 Å². The Morgan fingerprint density at radius 2 is 1.57 bits per heavy atom. The van der Waals surface area contributed by atoms with E-state index >= 15 is 0 Å². The molecule has 0 aromatic heterocycles. The number of carbonyl (C=O) groups is 2. The second-order valence-electron chi connectivity index (χ2n) is 5.26. The SMILES string of the molecule is O=C(CCCc1ccc(I)cc1)NCc1ccc(C(=O)O)cc1. The summed E-state index contributed by atoms with van der Waals surface area (Å²) in [5.41, 5.74) is 2.38. The van der Waals surface area contributed by atoms with Crippen molar-refractivity contribution >= 4 is 34.5 Å². The summed E-state index contributed by atoms with van der Waals surface area (Å²) in [6, 6.07) is 14.8. The van der Waals surface area contributed by atoms with Gasteiger partial charge in [0.25, 0.3) is 0 Å². The van der Waals surface area contributed by atoms with E-state index in [1.165, 1.54) is 9.13 Å². The Morgan fingerprint density at radius 1 is 0.957 bits per heavy atom. The molecule has 0 saturated heterocycles. The van der Waals surface area contributed by atoms with Crippen molar-refractivity contribution in [3.63, 3.8) is 0 Å². The van der Waals surface area contributed by atoms with Crippen molar-refractivity contribution < 1.29 is 14.7 Å². The van der Waals surface area contributed by atoms with Crippen LogP contribution in [0.3, 0.4) is 0 Å². The first-order valence-corrected chi connectivity index (χ1v) is 8.46. The van der Waals surface area contributed by atoms with Crippen LogP contribution in [-0.4, -0.2) is 17.0 Å². The van der Waals surface area contributed by atoms with Crippen molar-refractivity contribution in [3.05, 3.63) is 68.8 Å². The molecule has 0 bridgehead atoms. The average molecular weight is 423 g/mol. The third-order valence-corrected chi connectivity index (χ3v) is 4.19. The molecule has 0 saturated carbocycles. The fourth-order valence-electron chi connectivity index (χ4n) is 2.16. The molecule has 1 amide bonds. The van der Waals surface area contributed by atoms with Gasteiger partial charge >= 0.3 is 5.97 Å². The number of rotatable bonds is 7. The first-order valence-electron chi connectivity index (χ1n) is 7.38. The standard InChI is InChI=1S/C18H18INO3/c19-16-10-6-13(7-11-16)2-1-3-17(21)20-12-14-4-8-15(9-5-14)18(22)23/h4-11H,1-3,12H2,(H,20,21)(H,22,23). The van der Waals surface area contributed by atoms with Crippen molar-refractivity contribution in [1.82, 2.24) is 5.32 Å². The molecule has 2 aromatic rings. The summed E-state index contributed by atoms with van der Waals surface area (Å²) in [7, 11) is 0. The highest BCUT2D eigenvalue weighted by atomic mass is 127. The maximum atomic E-state index is 11.8. The molecular weight excluding hydrogens is 405 g/mol. The van der Waals surface area contributed by atoms with Crippen LogP contribution in [0.2, 0.25) is 0 Å². The maximum absolute atomic E-state index is 11.8. The van der Waals surface area contributed by atoms with Gasteiger partial charge in [0.2, 0.25) is 5.91 Å². The van der Waals surface area contributed by atoms with Gasteiger partial charge in [0, 0.05) is 16.5 Å². The van der Waals surface area contributed by atoms with E-state index in [1.807, 2.05) is 0 Å². The first-order chi connectivity index (χ1) is 11.0. The predicted octanol–water partition coefficient (Wildman–Crippen LogP) is 3.63. The highest BCUT2D eigenvalue weighted by molar-refractivity contribution is 14.1. The molecule has 0 atom stereocenters. The van der Waals surface area contributed by atoms with Crippen molar-refractivity contribution in [2.45, 2.75) is 25.8 Å². The third kappa shape index (κ3) is 6.02. The summed E-state index contributed by atoms with van der Waals surface area (Å²) in [4.78, 5) is 22.6. The Hall–Kier alpha value is -1.89. The molecule has 0 aliphatic rings. The topological polar surface area (TPSA) is 66.4 Å². The minimum Gasteiger partial charge on any atom is -0.478 e. The van der Waals surface area contributed by atoms with Crippen molar-refractivity contribution in [2.75, 3.05) is 0 Å². The minimum atomic E-state index is -0.948. The van der Waals surface area contributed by atoms with E-state index < -0.39 is 5.97 Å². The number of benzene rings is 2. The maximum Gasteiger partial charge on any atom is 0.335 e. The Kier molecular flexibility index (Phi) is 6.58. The van der Waals surface area contributed by atoms with E-state index in [9.17, 15) is 9.59 Å². The zero-order valence-electron chi connectivity index (χ0n) is 12.6. The zero-order valence-corrected chi connectivity index (χ0v) is 14.7. The molecule has 0 radical (unpaired) electrons. The summed E-state index contributed by atoms with van der Waals surface area (Å²) in [6.45, 7) is 0.419. The summed E-state index contributed by atoms with van der Waals surface area (Å²) in [5.74, 6) is -0.936. The molecule has 2 N–H and O–H groups in total. The molecule has 0 aliphatic carbocycles. The lowest BCUT2D eigenvalue weighted by Crippen LogP contribution is -2.22. The Balaban J connectivity index is 1.70. The molecule has 4 nitrogen and oxygen atoms in total. The molecular formula is C18H18INO3. The van der Waals surface area contributed by atoms with Gasteiger partial charge in [0.05, 0.1) is 5.56 Å². The molecule has 0 spiro atoms. The van der Waals surface area contributed by atoms with Gasteiger partial charge in [-0.05, 0) is 70.8 Å². The Labute approximate surface area is 149 Å². The first kappa shape index (κ1) is 17.5. The highest BCUT2D eigenvalue weighted by Crippen LogP contribution is 2.10. The van der Waals surface area contributed by atoms with Gasteiger partial charge < -0.3 is 10.4 Å². The molecule has 2 aromatic carbocycles. The van der Waals surface area contributed by atoms with Crippen LogP contribution in [0, 0.1) is 3.57 Å². The number of aromatic carboxylic acids is 1. The number of carboxylic acid groups (broad SMARTS) is 1. The number of hydrogen-bond donors (Lipinski definition) is 2. The summed E-state index contributed by atoms with van der Waals surface area (Å²) in [5, 5.41) is 11.7. The van der Waals surface area contributed by atoms with Gasteiger partial charge in [-0.1, -0.05) is 24.3 Å². The minimum absolute atomic E-state index is 0.0119. The molecule has 2 rings (SSSR count). The largest absolute Gasteiger partial charge is 0.478 e. The normalized spacial score (nSPS) is 10.3. The number of halogens is 1. The van der Waals surface area contributed by atoms with Crippen LogP contribution in [0.25, 0.3) is 0 Å². The number of aryl methyl sites for hydroxylation is 1. The second kappa shape index (κ2) is 8.67. The van der Waals surface area contributed by atoms with E-state index in [2.05, 4.69) is 52.2 Å². The third-order valence-electron chi connectivity index (χ3n) is 3.47. The predicted molar refractivity (Wildman–Crippen MR) is 97.3 cm³/mol. The van der Waals surface area contributed by atoms with Crippen LogP contribution in [0.1, 0.15) is 34.3 Å². The fraction of sp³-hybridized carbons (Fsp3) is 0.222. The van der Waals surface area contributed by atoms with E-state index in [0.29, 0.717) is 13.0 Å². The van der Waals surface area contributed by atoms with Gasteiger partial charge in [-0.15, -0.1) is 0 Å².